The average molecular weight is 377 g/mol. The first-order valence-corrected chi connectivity index (χ1v) is 10.0. The van der Waals surface area contributed by atoms with Crippen LogP contribution in [-0.4, -0.2) is 48.1 Å². The second-order valence-corrected chi connectivity index (χ2v) is 7.81. The number of para-hydroxylation sites is 2. The van der Waals surface area contributed by atoms with Gasteiger partial charge in [0.25, 0.3) is 0 Å². The van der Waals surface area contributed by atoms with E-state index in [1.807, 2.05) is 30.3 Å². The third-order valence-electron chi connectivity index (χ3n) is 5.25. The lowest BCUT2D eigenvalue weighted by Crippen LogP contribution is -2.39. The molecule has 6 heteroatoms. The quantitative estimate of drug-likeness (QED) is 0.490. The van der Waals surface area contributed by atoms with Gasteiger partial charge in [-0.1, -0.05) is 24.3 Å². The van der Waals surface area contributed by atoms with E-state index in [0.29, 0.717) is 18.6 Å². The number of hydrogen-bond donors (Lipinski definition) is 0. The molecule has 4 aromatic rings. The first-order valence-electron chi connectivity index (χ1n) is 10.0. The number of rotatable bonds is 7. The van der Waals surface area contributed by atoms with Crippen molar-refractivity contribution in [2.45, 2.75) is 52.9 Å². The number of imidazole rings is 1. The van der Waals surface area contributed by atoms with Gasteiger partial charge in [-0.3, -0.25) is 4.90 Å². The van der Waals surface area contributed by atoms with Gasteiger partial charge in [0.2, 0.25) is 0 Å². The predicted molar refractivity (Wildman–Crippen MR) is 113 cm³/mol. The fraction of sp³-hybridized carbons (Fsp3) is 0.409. The Morgan fingerprint density at radius 3 is 2.00 bits per heavy atom. The van der Waals surface area contributed by atoms with Crippen molar-refractivity contribution in [3.8, 4) is 0 Å². The van der Waals surface area contributed by atoms with E-state index < -0.39 is 0 Å². The molecule has 0 saturated heterocycles. The zero-order chi connectivity index (χ0) is 19.7. The van der Waals surface area contributed by atoms with Crippen LogP contribution in [0.1, 0.15) is 33.5 Å². The maximum atomic E-state index is 4.89. The summed E-state index contributed by atoms with van der Waals surface area (Å²) in [6.45, 7) is 11.5. The highest BCUT2D eigenvalue weighted by atomic mass is 15.5. The number of fused-ring (bicyclic) bond motifs is 2. The molecule has 4 rings (SSSR count). The summed E-state index contributed by atoms with van der Waals surface area (Å²) in [5, 5.41) is 9.23. The van der Waals surface area contributed by atoms with Gasteiger partial charge < -0.3 is 4.57 Å². The fourth-order valence-electron chi connectivity index (χ4n) is 3.93. The van der Waals surface area contributed by atoms with Crippen LogP contribution in [0.2, 0.25) is 0 Å². The van der Waals surface area contributed by atoms with Crippen LogP contribution in [0.5, 0.6) is 0 Å². The van der Waals surface area contributed by atoms with Crippen LogP contribution in [0.4, 0.5) is 0 Å². The maximum absolute atomic E-state index is 4.89. The van der Waals surface area contributed by atoms with Crippen molar-refractivity contribution < 1.29 is 0 Å². The largest absolute Gasteiger partial charge is 0.325 e. The van der Waals surface area contributed by atoms with Gasteiger partial charge in [-0.2, -0.15) is 15.0 Å². The molecule has 0 N–H and O–H groups in total. The summed E-state index contributed by atoms with van der Waals surface area (Å²) in [6, 6.07) is 17.3. The minimum absolute atomic E-state index is 0.510. The molecular weight excluding hydrogens is 348 g/mol. The van der Waals surface area contributed by atoms with E-state index in [2.05, 4.69) is 65.6 Å². The number of aromatic nitrogens is 5. The molecule has 0 amide bonds. The van der Waals surface area contributed by atoms with Crippen molar-refractivity contribution in [1.29, 1.82) is 0 Å². The Bertz CT molecular complexity index is 1030. The standard InChI is InChI=1S/C22H28N6/c1-16(2)26(17(3)4)13-14-27-21-12-8-7-11-20(21)23-22(27)15-28-24-18-9-5-6-10-19(18)25-28/h5-12,16-17H,13-15H2,1-4H3. The van der Waals surface area contributed by atoms with Crippen LogP contribution >= 0.6 is 0 Å². The van der Waals surface area contributed by atoms with Gasteiger partial charge in [-0.15, -0.1) is 0 Å². The Morgan fingerprint density at radius 2 is 1.39 bits per heavy atom. The smallest absolute Gasteiger partial charge is 0.133 e. The maximum Gasteiger partial charge on any atom is 0.133 e. The van der Waals surface area contributed by atoms with Crippen molar-refractivity contribution in [3.05, 3.63) is 54.4 Å². The van der Waals surface area contributed by atoms with Gasteiger partial charge in [-0.25, -0.2) is 4.98 Å². The SMILES string of the molecule is CC(C)N(CCn1c(Cn2nc3ccccc3n2)nc2ccccc21)C(C)C. The van der Waals surface area contributed by atoms with Crippen LogP contribution < -0.4 is 0 Å². The van der Waals surface area contributed by atoms with E-state index in [1.165, 1.54) is 5.52 Å². The van der Waals surface area contributed by atoms with E-state index in [9.17, 15) is 0 Å². The Labute approximate surface area is 165 Å². The number of hydrogen-bond acceptors (Lipinski definition) is 4. The molecule has 2 aromatic carbocycles. The molecule has 0 radical (unpaired) electrons. The molecule has 0 aliphatic carbocycles. The van der Waals surface area contributed by atoms with Gasteiger partial charge >= 0.3 is 0 Å². The third-order valence-corrected chi connectivity index (χ3v) is 5.25. The predicted octanol–water partition coefficient (Wildman–Crippen LogP) is 3.95. The first kappa shape index (κ1) is 18.6. The van der Waals surface area contributed by atoms with Crippen molar-refractivity contribution in [1.82, 2.24) is 29.4 Å². The van der Waals surface area contributed by atoms with E-state index in [4.69, 9.17) is 4.98 Å². The molecule has 0 saturated carbocycles. The molecule has 0 atom stereocenters. The van der Waals surface area contributed by atoms with Gasteiger partial charge in [0.1, 0.15) is 23.4 Å². The highest BCUT2D eigenvalue weighted by Crippen LogP contribution is 2.18. The summed E-state index contributed by atoms with van der Waals surface area (Å²) in [5.74, 6) is 0.994. The second kappa shape index (κ2) is 7.72. The van der Waals surface area contributed by atoms with Gasteiger partial charge in [-0.05, 0) is 52.0 Å². The van der Waals surface area contributed by atoms with Crippen molar-refractivity contribution >= 4 is 22.1 Å². The van der Waals surface area contributed by atoms with Crippen LogP contribution in [-0.2, 0) is 13.1 Å². The van der Waals surface area contributed by atoms with Gasteiger partial charge in [0.05, 0.1) is 11.0 Å². The van der Waals surface area contributed by atoms with Crippen LogP contribution in [0, 0.1) is 0 Å². The average Bonchev–Trinajstić information content (AvgIpc) is 3.22. The Morgan fingerprint density at radius 1 is 0.821 bits per heavy atom. The molecular formula is C22H28N6. The molecule has 2 heterocycles. The van der Waals surface area contributed by atoms with Crippen molar-refractivity contribution in [2.24, 2.45) is 0 Å². The van der Waals surface area contributed by atoms with Gasteiger partial charge in [0, 0.05) is 25.2 Å². The molecule has 0 bridgehead atoms. The summed E-state index contributed by atoms with van der Waals surface area (Å²) in [7, 11) is 0. The van der Waals surface area contributed by atoms with E-state index in [1.54, 1.807) is 4.80 Å². The summed E-state index contributed by atoms with van der Waals surface area (Å²) < 4.78 is 2.32. The van der Waals surface area contributed by atoms with Crippen molar-refractivity contribution in [2.75, 3.05) is 6.54 Å². The summed E-state index contributed by atoms with van der Waals surface area (Å²) in [6.07, 6.45) is 0. The van der Waals surface area contributed by atoms with Crippen molar-refractivity contribution in [3.63, 3.8) is 0 Å². The molecule has 28 heavy (non-hydrogen) atoms. The number of nitrogens with zero attached hydrogens (tertiary/aromatic N) is 6. The molecule has 0 spiro atoms. The second-order valence-electron chi connectivity index (χ2n) is 7.81. The Kier molecular flexibility index (Phi) is 5.13. The monoisotopic (exact) mass is 376 g/mol. The molecule has 0 aliphatic heterocycles. The topological polar surface area (TPSA) is 51.8 Å². The summed E-state index contributed by atoms with van der Waals surface area (Å²) >= 11 is 0. The molecule has 0 aliphatic rings. The van der Waals surface area contributed by atoms with E-state index >= 15 is 0 Å². The Hall–Kier alpha value is -2.73. The molecule has 146 valence electrons. The van der Waals surface area contributed by atoms with Crippen LogP contribution in [0.3, 0.4) is 0 Å². The third kappa shape index (κ3) is 3.64. The lowest BCUT2D eigenvalue weighted by molar-refractivity contribution is 0.168. The van der Waals surface area contributed by atoms with E-state index in [0.717, 1.165) is 35.5 Å². The highest BCUT2D eigenvalue weighted by molar-refractivity contribution is 5.76. The van der Waals surface area contributed by atoms with Gasteiger partial charge in [0.15, 0.2) is 0 Å². The van der Waals surface area contributed by atoms with E-state index in [-0.39, 0.29) is 0 Å². The van der Waals surface area contributed by atoms with Crippen LogP contribution in [0.15, 0.2) is 48.5 Å². The minimum Gasteiger partial charge on any atom is -0.325 e. The number of benzene rings is 2. The minimum atomic E-state index is 0.510. The summed E-state index contributed by atoms with van der Waals surface area (Å²) in [5.41, 5.74) is 4.02. The highest BCUT2D eigenvalue weighted by Gasteiger charge is 2.17. The molecule has 0 unspecified atom stereocenters. The zero-order valence-corrected chi connectivity index (χ0v) is 17.1. The molecule has 2 aromatic heterocycles. The molecule has 6 nitrogen and oxygen atoms in total. The Balaban J connectivity index is 1.66. The normalized spacial score (nSPS) is 12.2. The molecule has 0 fully saturated rings. The fourth-order valence-corrected chi connectivity index (χ4v) is 3.93. The lowest BCUT2D eigenvalue weighted by Gasteiger charge is -2.30. The first-order chi connectivity index (χ1) is 13.5. The summed E-state index contributed by atoms with van der Waals surface area (Å²) in [4.78, 5) is 9.16. The zero-order valence-electron chi connectivity index (χ0n) is 17.1. The van der Waals surface area contributed by atoms with Crippen LogP contribution in [0.25, 0.3) is 22.1 Å². The lowest BCUT2D eigenvalue weighted by atomic mass is 10.2.